The highest BCUT2D eigenvalue weighted by molar-refractivity contribution is 7.99. The summed E-state index contributed by atoms with van der Waals surface area (Å²) in [6, 6.07) is 29.8. The van der Waals surface area contributed by atoms with Crippen molar-refractivity contribution in [2.45, 2.75) is 11.3 Å². The van der Waals surface area contributed by atoms with Gasteiger partial charge in [-0.25, -0.2) is 0 Å². The van der Waals surface area contributed by atoms with Gasteiger partial charge in [-0.15, -0.1) is 11.8 Å². The van der Waals surface area contributed by atoms with Crippen LogP contribution in [-0.4, -0.2) is 12.4 Å². The van der Waals surface area contributed by atoms with Crippen molar-refractivity contribution in [1.29, 1.82) is 0 Å². The molecule has 0 aliphatic heterocycles. The maximum absolute atomic E-state index is 6.09. The molecule has 0 N–H and O–H groups in total. The van der Waals surface area contributed by atoms with Gasteiger partial charge in [0.2, 0.25) is 0 Å². The molecule has 0 fully saturated rings. The predicted octanol–water partition coefficient (Wildman–Crippen LogP) is 6.55. The number of thioether (sulfide) groups is 1. The lowest BCUT2D eigenvalue weighted by Crippen LogP contribution is -1.99. The molecule has 124 valence electrons. The van der Waals surface area contributed by atoms with Crippen molar-refractivity contribution >= 4 is 33.3 Å². The van der Waals surface area contributed by atoms with E-state index in [0.29, 0.717) is 0 Å². The minimum atomic E-state index is 0.742. The lowest BCUT2D eigenvalue weighted by molar-refractivity contribution is 0.322. The lowest BCUT2D eigenvalue weighted by Gasteiger charge is -2.10. The first kappa shape index (κ1) is 16.0. The summed E-state index contributed by atoms with van der Waals surface area (Å²) < 4.78 is 6.09. The van der Waals surface area contributed by atoms with Crippen LogP contribution in [0.15, 0.2) is 89.8 Å². The summed E-state index contributed by atoms with van der Waals surface area (Å²) in [6.07, 6.45) is 1.03. The van der Waals surface area contributed by atoms with Crippen molar-refractivity contribution in [3.8, 4) is 5.75 Å². The average molecular weight is 344 g/mol. The number of hydrogen-bond acceptors (Lipinski definition) is 2. The second-order valence-electron chi connectivity index (χ2n) is 6.04. The molecule has 0 saturated heterocycles. The Morgan fingerprint density at radius 3 is 2.24 bits per heavy atom. The van der Waals surface area contributed by atoms with Gasteiger partial charge < -0.3 is 4.74 Å². The van der Waals surface area contributed by atoms with E-state index in [2.05, 4.69) is 84.9 Å². The van der Waals surface area contributed by atoms with E-state index in [9.17, 15) is 0 Å². The molecule has 0 amide bonds. The first-order chi connectivity index (χ1) is 12.4. The molecule has 4 aromatic rings. The summed E-state index contributed by atoms with van der Waals surface area (Å²) in [5.41, 5.74) is 0. The zero-order chi connectivity index (χ0) is 16.9. The minimum Gasteiger partial charge on any atom is -0.493 e. The summed E-state index contributed by atoms with van der Waals surface area (Å²) in [5, 5.41) is 4.95. The second kappa shape index (κ2) is 7.62. The third-order valence-electron chi connectivity index (χ3n) is 4.26. The third kappa shape index (κ3) is 3.80. The average Bonchev–Trinajstić information content (AvgIpc) is 2.67. The van der Waals surface area contributed by atoms with Crippen molar-refractivity contribution in [3.63, 3.8) is 0 Å². The quantitative estimate of drug-likeness (QED) is 0.223. The minimum absolute atomic E-state index is 0.742. The number of benzene rings is 4. The van der Waals surface area contributed by atoms with E-state index in [4.69, 9.17) is 4.74 Å². The largest absolute Gasteiger partial charge is 0.493 e. The van der Waals surface area contributed by atoms with Gasteiger partial charge >= 0.3 is 0 Å². The smallest absolute Gasteiger partial charge is 0.127 e. The highest BCUT2D eigenvalue weighted by Gasteiger charge is 2.04. The van der Waals surface area contributed by atoms with E-state index in [1.54, 1.807) is 0 Å². The molecule has 0 spiro atoms. The number of fused-ring (bicyclic) bond motifs is 2. The fourth-order valence-electron chi connectivity index (χ4n) is 3.01. The van der Waals surface area contributed by atoms with Gasteiger partial charge in [0.1, 0.15) is 5.75 Å². The van der Waals surface area contributed by atoms with E-state index >= 15 is 0 Å². The third-order valence-corrected chi connectivity index (χ3v) is 5.36. The van der Waals surface area contributed by atoms with Gasteiger partial charge in [-0.05, 0) is 52.9 Å². The van der Waals surface area contributed by atoms with Crippen LogP contribution in [0.4, 0.5) is 0 Å². The van der Waals surface area contributed by atoms with Gasteiger partial charge in [-0.1, -0.05) is 54.6 Å². The maximum Gasteiger partial charge on any atom is 0.127 e. The van der Waals surface area contributed by atoms with Crippen molar-refractivity contribution < 1.29 is 4.74 Å². The van der Waals surface area contributed by atoms with Gasteiger partial charge in [0.25, 0.3) is 0 Å². The molecule has 0 aromatic heterocycles. The van der Waals surface area contributed by atoms with Gasteiger partial charge in [0, 0.05) is 16.0 Å². The number of rotatable bonds is 6. The zero-order valence-corrected chi connectivity index (χ0v) is 14.8. The molecule has 0 unspecified atom stereocenters. The summed E-state index contributed by atoms with van der Waals surface area (Å²) in [6.45, 7) is 0.742. The number of ether oxygens (including phenoxy) is 1. The Morgan fingerprint density at radius 1 is 0.680 bits per heavy atom. The zero-order valence-electron chi connectivity index (χ0n) is 14.0. The molecule has 2 heteroatoms. The normalized spacial score (nSPS) is 11.0. The standard InChI is InChI=1S/C23H20OS/c1-2-11-21(12-3-1)25-15-7-14-24-23-13-6-10-20-16-18-8-4-5-9-19(18)17-22(20)23/h1-6,8-13,16-17H,7,14-15H2. The molecule has 4 aromatic carbocycles. The predicted molar refractivity (Wildman–Crippen MR) is 109 cm³/mol. The van der Waals surface area contributed by atoms with E-state index < -0.39 is 0 Å². The second-order valence-corrected chi connectivity index (χ2v) is 7.21. The van der Waals surface area contributed by atoms with Gasteiger partial charge in [-0.3, -0.25) is 0 Å². The first-order valence-corrected chi connectivity index (χ1v) is 9.61. The Bertz CT molecular complexity index is 979. The molecule has 4 rings (SSSR count). The SMILES string of the molecule is c1ccc(SCCCOc2cccc3cc4ccccc4cc23)cc1. The van der Waals surface area contributed by atoms with Gasteiger partial charge in [-0.2, -0.15) is 0 Å². The Hall–Kier alpha value is -2.45. The molecule has 0 aliphatic carbocycles. The van der Waals surface area contributed by atoms with E-state index in [1.807, 2.05) is 11.8 Å². The number of hydrogen-bond donors (Lipinski definition) is 0. The Balaban J connectivity index is 1.43. The highest BCUT2D eigenvalue weighted by atomic mass is 32.2. The molecule has 25 heavy (non-hydrogen) atoms. The monoisotopic (exact) mass is 344 g/mol. The molecule has 0 radical (unpaired) electrons. The van der Waals surface area contributed by atoms with E-state index in [-0.39, 0.29) is 0 Å². The Kier molecular flexibility index (Phi) is 4.89. The van der Waals surface area contributed by atoms with Crippen LogP contribution in [0.3, 0.4) is 0 Å². The lowest BCUT2D eigenvalue weighted by atomic mass is 10.0. The van der Waals surface area contributed by atoms with Crippen LogP contribution < -0.4 is 4.74 Å². The van der Waals surface area contributed by atoms with Gasteiger partial charge in [0.05, 0.1) is 6.61 Å². The van der Waals surface area contributed by atoms with Crippen molar-refractivity contribution in [1.82, 2.24) is 0 Å². The molecular formula is C23H20OS. The Morgan fingerprint density at radius 2 is 1.40 bits per heavy atom. The van der Waals surface area contributed by atoms with Crippen LogP contribution in [0.1, 0.15) is 6.42 Å². The van der Waals surface area contributed by atoms with Crippen LogP contribution in [0, 0.1) is 0 Å². The summed E-state index contributed by atoms with van der Waals surface area (Å²) in [7, 11) is 0. The van der Waals surface area contributed by atoms with Crippen molar-refractivity contribution in [3.05, 3.63) is 84.9 Å². The fourth-order valence-corrected chi connectivity index (χ4v) is 3.86. The van der Waals surface area contributed by atoms with Crippen molar-refractivity contribution in [2.24, 2.45) is 0 Å². The molecule has 1 nitrogen and oxygen atoms in total. The van der Waals surface area contributed by atoms with Crippen LogP contribution in [0.5, 0.6) is 5.75 Å². The molecule has 0 heterocycles. The van der Waals surface area contributed by atoms with Crippen molar-refractivity contribution in [2.75, 3.05) is 12.4 Å². The molecule has 0 aliphatic rings. The van der Waals surface area contributed by atoms with Crippen LogP contribution in [0.25, 0.3) is 21.5 Å². The fraction of sp³-hybridized carbons (Fsp3) is 0.130. The molecule has 0 saturated carbocycles. The maximum atomic E-state index is 6.09. The molecular weight excluding hydrogens is 324 g/mol. The highest BCUT2D eigenvalue weighted by Crippen LogP contribution is 2.30. The molecule has 0 atom stereocenters. The van der Waals surface area contributed by atoms with E-state index in [0.717, 1.165) is 24.5 Å². The Labute approximate surface area is 152 Å². The first-order valence-electron chi connectivity index (χ1n) is 8.62. The summed E-state index contributed by atoms with van der Waals surface area (Å²) in [5.74, 6) is 2.05. The van der Waals surface area contributed by atoms with Crippen LogP contribution in [-0.2, 0) is 0 Å². The summed E-state index contributed by atoms with van der Waals surface area (Å²) >= 11 is 1.88. The van der Waals surface area contributed by atoms with Gasteiger partial charge in [0.15, 0.2) is 0 Å². The van der Waals surface area contributed by atoms with Crippen LogP contribution in [0.2, 0.25) is 0 Å². The molecule has 0 bridgehead atoms. The summed E-state index contributed by atoms with van der Waals surface area (Å²) in [4.78, 5) is 1.32. The van der Waals surface area contributed by atoms with E-state index in [1.165, 1.54) is 26.4 Å². The topological polar surface area (TPSA) is 9.23 Å². The van der Waals surface area contributed by atoms with Crippen LogP contribution >= 0.6 is 11.8 Å².